The Bertz CT molecular complexity index is 1340. The maximum Gasteiger partial charge on any atom is 0.335 e. The molecule has 1 aromatic heterocycles. The molecule has 0 atom stereocenters. The maximum atomic E-state index is 11.3. The molecule has 0 saturated heterocycles. The lowest BCUT2D eigenvalue weighted by Crippen LogP contribution is -2.02. The fourth-order valence-corrected chi connectivity index (χ4v) is 4.49. The van der Waals surface area contributed by atoms with Gasteiger partial charge in [0, 0.05) is 22.8 Å². The van der Waals surface area contributed by atoms with Gasteiger partial charge in [0.1, 0.15) is 5.75 Å². The van der Waals surface area contributed by atoms with Crippen LogP contribution in [0.1, 0.15) is 34.4 Å². The smallest absolute Gasteiger partial charge is 0.335 e. The van der Waals surface area contributed by atoms with Crippen LogP contribution in [0.3, 0.4) is 0 Å². The number of nitrogens with zero attached hydrogens (tertiary/aromatic N) is 1. The molecule has 0 fully saturated rings. The first-order chi connectivity index (χ1) is 15.6. The van der Waals surface area contributed by atoms with E-state index < -0.39 is 5.97 Å². The maximum absolute atomic E-state index is 11.3. The van der Waals surface area contributed by atoms with Crippen molar-refractivity contribution < 1.29 is 9.53 Å². The summed E-state index contributed by atoms with van der Waals surface area (Å²) in [5.41, 5.74) is 8.97. The fourth-order valence-electron chi connectivity index (χ4n) is 4.49. The van der Waals surface area contributed by atoms with Gasteiger partial charge in [-0.2, -0.15) is 0 Å². The first-order valence-corrected chi connectivity index (χ1v) is 11.0. The van der Waals surface area contributed by atoms with Gasteiger partial charge in [-0.25, -0.2) is 4.79 Å². The fraction of sp³-hybridized carbons (Fsp3) is 0.138. The third kappa shape index (κ3) is 3.78. The Balaban J connectivity index is 1.46. The van der Waals surface area contributed by atoms with Crippen LogP contribution in [0.5, 0.6) is 5.75 Å². The van der Waals surface area contributed by atoms with Crippen LogP contribution < -0.4 is 4.74 Å². The zero-order chi connectivity index (χ0) is 22.1. The van der Waals surface area contributed by atoms with E-state index >= 15 is 0 Å². The molecule has 1 aliphatic carbocycles. The minimum atomic E-state index is -0.452. The Kier molecular flexibility index (Phi) is 5.24. The van der Waals surface area contributed by atoms with Gasteiger partial charge in [-0.15, -0.1) is 0 Å². The largest absolute Gasteiger partial charge is 0.423 e. The average Bonchev–Trinajstić information content (AvgIpc) is 3.40. The molecule has 0 unspecified atom stereocenters. The van der Waals surface area contributed by atoms with Crippen LogP contribution in [0.15, 0.2) is 79.4 Å². The summed E-state index contributed by atoms with van der Waals surface area (Å²) >= 11 is 0. The van der Waals surface area contributed by atoms with Crippen molar-refractivity contribution >= 4 is 29.0 Å². The van der Waals surface area contributed by atoms with Crippen molar-refractivity contribution in [2.75, 3.05) is 0 Å². The van der Waals surface area contributed by atoms with E-state index in [1.165, 1.54) is 45.4 Å². The SMILES string of the molecule is C=CC(=O)Oc1ccc(C=Cc2ccc3c(c2)c2c(n3-c3ccc(C)cc3)CCC2)cc1. The summed E-state index contributed by atoms with van der Waals surface area (Å²) in [5, 5.41) is 1.35. The van der Waals surface area contributed by atoms with Gasteiger partial charge < -0.3 is 9.30 Å². The number of esters is 1. The van der Waals surface area contributed by atoms with E-state index in [1.54, 1.807) is 12.1 Å². The summed E-state index contributed by atoms with van der Waals surface area (Å²) in [6, 6.07) is 23.0. The molecule has 5 rings (SSSR count). The van der Waals surface area contributed by atoms with Crippen LogP contribution in [-0.4, -0.2) is 10.5 Å². The standard InChI is InChI=1S/C29H25NO2/c1-3-29(31)32-24-16-11-21(12-17-24)9-10-22-13-18-28-26(19-22)25-5-4-6-27(25)30(28)23-14-7-20(2)8-15-23/h3,7-19H,1,4-6H2,2H3. The van der Waals surface area contributed by atoms with Gasteiger partial charge in [-0.05, 0) is 79.3 Å². The quantitative estimate of drug-likeness (QED) is 0.156. The second-order valence-corrected chi connectivity index (χ2v) is 8.25. The summed E-state index contributed by atoms with van der Waals surface area (Å²) in [7, 11) is 0. The summed E-state index contributed by atoms with van der Waals surface area (Å²) in [4.78, 5) is 11.3. The van der Waals surface area contributed by atoms with Crippen LogP contribution in [0.2, 0.25) is 0 Å². The second kappa shape index (κ2) is 8.35. The molecule has 1 aliphatic rings. The number of benzene rings is 3. The highest BCUT2D eigenvalue weighted by molar-refractivity contribution is 5.90. The molecule has 3 aromatic carbocycles. The van der Waals surface area contributed by atoms with E-state index in [1.807, 2.05) is 12.1 Å². The number of aromatic nitrogens is 1. The molecular formula is C29H25NO2. The van der Waals surface area contributed by atoms with Gasteiger partial charge in [0.05, 0.1) is 5.52 Å². The summed E-state index contributed by atoms with van der Waals surface area (Å²) in [6.45, 7) is 5.54. The second-order valence-electron chi connectivity index (χ2n) is 8.25. The number of hydrogen-bond donors (Lipinski definition) is 0. The molecule has 0 amide bonds. The molecule has 0 saturated carbocycles. The van der Waals surface area contributed by atoms with E-state index in [-0.39, 0.29) is 0 Å². The van der Waals surface area contributed by atoms with Crippen molar-refractivity contribution in [1.82, 2.24) is 4.57 Å². The van der Waals surface area contributed by atoms with Gasteiger partial charge in [0.25, 0.3) is 0 Å². The molecule has 0 spiro atoms. The third-order valence-electron chi connectivity index (χ3n) is 6.07. The van der Waals surface area contributed by atoms with Crippen LogP contribution in [0, 0.1) is 6.92 Å². The van der Waals surface area contributed by atoms with Crippen LogP contribution >= 0.6 is 0 Å². The topological polar surface area (TPSA) is 31.2 Å². The van der Waals surface area contributed by atoms with Crippen molar-refractivity contribution in [3.63, 3.8) is 0 Å². The Morgan fingerprint density at radius 1 is 0.938 bits per heavy atom. The van der Waals surface area contributed by atoms with E-state index in [0.717, 1.165) is 24.5 Å². The molecule has 4 aromatic rings. The number of fused-ring (bicyclic) bond motifs is 3. The molecular weight excluding hydrogens is 394 g/mol. The molecule has 158 valence electrons. The van der Waals surface area contributed by atoms with Gasteiger partial charge in [-0.1, -0.05) is 54.6 Å². The lowest BCUT2D eigenvalue weighted by molar-refractivity contribution is -0.128. The van der Waals surface area contributed by atoms with Crippen molar-refractivity contribution in [2.24, 2.45) is 0 Å². The van der Waals surface area contributed by atoms with Crippen LogP contribution in [-0.2, 0) is 17.6 Å². The lowest BCUT2D eigenvalue weighted by atomic mass is 10.1. The zero-order valence-corrected chi connectivity index (χ0v) is 18.2. The number of hydrogen-bond acceptors (Lipinski definition) is 2. The van der Waals surface area contributed by atoms with Crippen molar-refractivity contribution in [1.29, 1.82) is 0 Å². The Morgan fingerprint density at radius 2 is 1.66 bits per heavy atom. The molecule has 3 heteroatoms. The summed E-state index contributed by atoms with van der Waals surface area (Å²) < 4.78 is 7.57. The Hall–Kier alpha value is -3.85. The summed E-state index contributed by atoms with van der Waals surface area (Å²) in [6.07, 6.45) is 8.86. The van der Waals surface area contributed by atoms with Gasteiger partial charge in [0.15, 0.2) is 0 Å². The number of carbonyl (C=O) groups excluding carboxylic acids is 1. The molecule has 0 bridgehead atoms. The van der Waals surface area contributed by atoms with E-state index in [0.29, 0.717) is 5.75 Å². The van der Waals surface area contributed by atoms with Gasteiger partial charge >= 0.3 is 5.97 Å². The first kappa shape index (κ1) is 20.1. The van der Waals surface area contributed by atoms with Crippen molar-refractivity contribution in [2.45, 2.75) is 26.2 Å². The molecule has 0 aliphatic heterocycles. The van der Waals surface area contributed by atoms with Gasteiger partial charge in [-0.3, -0.25) is 0 Å². The van der Waals surface area contributed by atoms with E-state index in [2.05, 4.69) is 72.7 Å². The zero-order valence-electron chi connectivity index (χ0n) is 18.2. The monoisotopic (exact) mass is 419 g/mol. The predicted octanol–water partition coefficient (Wildman–Crippen LogP) is 6.69. The molecule has 1 heterocycles. The number of ether oxygens (including phenoxy) is 1. The minimum Gasteiger partial charge on any atom is -0.423 e. The highest BCUT2D eigenvalue weighted by Crippen LogP contribution is 2.36. The first-order valence-electron chi connectivity index (χ1n) is 11.0. The number of rotatable bonds is 5. The Labute approximate surface area is 188 Å². The highest BCUT2D eigenvalue weighted by Gasteiger charge is 2.22. The Morgan fingerprint density at radius 3 is 2.41 bits per heavy atom. The highest BCUT2D eigenvalue weighted by atomic mass is 16.5. The number of carbonyl (C=O) groups is 1. The van der Waals surface area contributed by atoms with E-state index in [9.17, 15) is 4.79 Å². The number of aryl methyl sites for hydroxylation is 2. The molecule has 0 N–H and O–H groups in total. The minimum absolute atomic E-state index is 0.452. The summed E-state index contributed by atoms with van der Waals surface area (Å²) in [5.74, 6) is 0.0631. The molecule has 0 radical (unpaired) electrons. The molecule has 32 heavy (non-hydrogen) atoms. The van der Waals surface area contributed by atoms with Crippen molar-refractivity contribution in [3.8, 4) is 11.4 Å². The van der Waals surface area contributed by atoms with Crippen LogP contribution in [0.25, 0.3) is 28.7 Å². The van der Waals surface area contributed by atoms with Crippen LogP contribution in [0.4, 0.5) is 0 Å². The predicted molar refractivity (Wildman–Crippen MR) is 131 cm³/mol. The molecule has 3 nitrogen and oxygen atoms in total. The average molecular weight is 420 g/mol. The van der Waals surface area contributed by atoms with Gasteiger partial charge in [0.2, 0.25) is 0 Å². The normalized spacial score (nSPS) is 12.9. The van der Waals surface area contributed by atoms with Crippen molar-refractivity contribution in [3.05, 3.63) is 107 Å². The van der Waals surface area contributed by atoms with E-state index in [4.69, 9.17) is 4.74 Å². The third-order valence-corrected chi connectivity index (χ3v) is 6.07. The lowest BCUT2D eigenvalue weighted by Gasteiger charge is -2.10.